The van der Waals surface area contributed by atoms with Crippen LogP contribution in [-0.4, -0.2) is 38.7 Å². The molecule has 3 aliphatic rings. The number of hydrogen-bond acceptors (Lipinski definition) is 4. The summed E-state index contributed by atoms with van der Waals surface area (Å²) < 4.78 is 2.18. The van der Waals surface area contributed by atoms with Crippen molar-refractivity contribution in [2.75, 3.05) is 18.8 Å². The molecule has 2 aliphatic carbocycles. The molecule has 1 saturated heterocycles. The molecule has 2 aromatic rings. The van der Waals surface area contributed by atoms with Crippen molar-refractivity contribution in [2.45, 2.75) is 57.9 Å². The van der Waals surface area contributed by atoms with Gasteiger partial charge in [-0.05, 0) is 63.5 Å². The molecule has 2 N–H and O–H groups in total. The molecule has 0 aromatic carbocycles. The zero-order chi connectivity index (χ0) is 19.4. The highest BCUT2D eigenvalue weighted by molar-refractivity contribution is 5.99. The molecule has 2 saturated carbocycles. The van der Waals surface area contributed by atoms with Gasteiger partial charge in [0.05, 0.1) is 11.3 Å². The number of aromatic nitrogens is 3. The van der Waals surface area contributed by atoms with E-state index in [1.54, 1.807) is 6.20 Å². The van der Waals surface area contributed by atoms with E-state index < -0.39 is 0 Å². The molecular weight excluding hydrogens is 350 g/mol. The van der Waals surface area contributed by atoms with Crippen molar-refractivity contribution in [1.82, 2.24) is 19.7 Å². The average molecular weight is 380 g/mol. The van der Waals surface area contributed by atoms with Crippen molar-refractivity contribution >= 4 is 11.7 Å². The Labute approximate surface area is 166 Å². The second-order valence-electron chi connectivity index (χ2n) is 8.93. The van der Waals surface area contributed by atoms with Crippen LogP contribution >= 0.6 is 0 Å². The third-order valence-electron chi connectivity index (χ3n) is 6.84. The number of carbonyl (C=O) groups is 1. The summed E-state index contributed by atoms with van der Waals surface area (Å²) in [7, 11) is 0. The standard InChI is InChI=1S/C22H29N5O/c1-13(2)27-19(20-15-6-5-7-16(15)20)11-18(25-27)14-10-17(21(23)24-12-14)22(28)26-8-3-4-9-26/h10-13,15-16,20H,3-9H2,1-2H3,(H2,23,24)/t15-,16+,20?. The first-order valence-corrected chi connectivity index (χ1v) is 10.7. The third kappa shape index (κ3) is 2.81. The molecular formula is C22H29N5O. The fourth-order valence-electron chi connectivity index (χ4n) is 5.35. The number of nitrogens with zero attached hydrogens (tertiary/aromatic N) is 4. The molecule has 2 aromatic heterocycles. The number of nitrogen functional groups attached to an aromatic ring is 1. The number of amides is 1. The van der Waals surface area contributed by atoms with Gasteiger partial charge in [0.2, 0.25) is 0 Å². The molecule has 3 atom stereocenters. The van der Waals surface area contributed by atoms with Crippen LogP contribution in [0, 0.1) is 11.8 Å². The van der Waals surface area contributed by atoms with Crippen LogP contribution in [0.4, 0.5) is 5.82 Å². The number of fused-ring (bicyclic) bond motifs is 1. The summed E-state index contributed by atoms with van der Waals surface area (Å²) in [5, 5.41) is 4.91. The Hall–Kier alpha value is -2.37. The minimum absolute atomic E-state index is 0.00964. The zero-order valence-electron chi connectivity index (χ0n) is 16.8. The smallest absolute Gasteiger partial charge is 0.257 e. The molecule has 148 valence electrons. The lowest BCUT2D eigenvalue weighted by Gasteiger charge is -2.16. The molecule has 1 unspecified atom stereocenters. The number of pyridine rings is 1. The third-order valence-corrected chi connectivity index (χ3v) is 6.84. The maximum Gasteiger partial charge on any atom is 0.257 e. The average Bonchev–Trinajstić information content (AvgIpc) is 3.22. The number of hydrogen-bond donors (Lipinski definition) is 1. The first kappa shape index (κ1) is 17.7. The minimum Gasteiger partial charge on any atom is -0.383 e. The highest BCUT2D eigenvalue weighted by atomic mass is 16.2. The van der Waals surface area contributed by atoms with Crippen LogP contribution in [0.15, 0.2) is 18.3 Å². The summed E-state index contributed by atoms with van der Waals surface area (Å²) in [5.74, 6) is 2.65. The maximum absolute atomic E-state index is 12.9. The minimum atomic E-state index is -0.00964. The van der Waals surface area contributed by atoms with Gasteiger partial charge in [-0.25, -0.2) is 4.98 Å². The predicted octanol–water partition coefficient (Wildman–Crippen LogP) is 3.86. The van der Waals surface area contributed by atoms with Crippen molar-refractivity contribution in [3.8, 4) is 11.3 Å². The summed E-state index contributed by atoms with van der Waals surface area (Å²) in [6.07, 6.45) is 7.95. The van der Waals surface area contributed by atoms with E-state index in [9.17, 15) is 4.79 Å². The first-order chi connectivity index (χ1) is 13.5. The summed E-state index contributed by atoms with van der Waals surface area (Å²) in [6, 6.07) is 4.42. The normalized spacial score (nSPS) is 26.1. The van der Waals surface area contributed by atoms with Gasteiger partial charge in [-0.1, -0.05) is 6.42 Å². The number of rotatable bonds is 4. The van der Waals surface area contributed by atoms with E-state index in [-0.39, 0.29) is 5.91 Å². The van der Waals surface area contributed by atoms with Gasteiger partial charge in [-0.15, -0.1) is 0 Å². The van der Waals surface area contributed by atoms with Gasteiger partial charge >= 0.3 is 0 Å². The Morgan fingerprint density at radius 1 is 1.14 bits per heavy atom. The van der Waals surface area contributed by atoms with Crippen molar-refractivity contribution < 1.29 is 4.79 Å². The molecule has 6 heteroatoms. The van der Waals surface area contributed by atoms with Crippen LogP contribution in [0.2, 0.25) is 0 Å². The van der Waals surface area contributed by atoms with Crippen LogP contribution in [-0.2, 0) is 0 Å². The van der Waals surface area contributed by atoms with Gasteiger partial charge in [-0.3, -0.25) is 9.48 Å². The van der Waals surface area contributed by atoms with E-state index in [4.69, 9.17) is 10.8 Å². The Kier molecular flexibility index (Phi) is 4.18. The molecule has 3 heterocycles. The van der Waals surface area contributed by atoms with Gasteiger partial charge in [0.25, 0.3) is 5.91 Å². The highest BCUT2D eigenvalue weighted by Crippen LogP contribution is 2.63. The van der Waals surface area contributed by atoms with Gasteiger partial charge in [-0.2, -0.15) is 5.10 Å². The van der Waals surface area contributed by atoms with E-state index in [1.165, 1.54) is 25.0 Å². The zero-order valence-corrected chi connectivity index (χ0v) is 16.8. The summed E-state index contributed by atoms with van der Waals surface area (Å²) in [6.45, 7) is 5.97. The van der Waals surface area contributed by atoms with Crippen molar-refractivity contribution in [1.29, 1.82) is 0 Å². The number of anilines is 1. The molecule has 28 heavy (non-hydrogen) atoms. The maximum atomic E-state index is 12.9. The van der Waals surface area contributed by atoms with Crippen molar-refractivity contribution in [2.24, 2.45) is 11.8 Å². The summed E-state index contributed by atoms with van der Waals surface area (Å²) >= 11 is 0. The molecule has 0 bridgehead atoms. The van der Waals surface area contributed by atoms with E-state index in [0.29, 0.717) is 23.3 Å². The number of likely N-dealkylation sites (tertiary alicyclic amines) is 1. The molecule has 3 fully saturated rings. The van der Waals surface area contributed by atoms with Crippen molar-refractivity contribution in [3.05, 3.63) is 29.6 Å². The Bertz CT molecular complexity index is 902. The van der Waals surface area contributed by atoms with Crippen molar-refractivity contribution in [3.63, 3.8) is 0 Å². The van der Waals surface area contributed by atoms with E-state index in [2.05, 4.69) is 29.6 Å². The summed E-state index contributed by atoms with van der Waals surface area (Å²) in [5.41, 5.74) is 9.69. The number of carbonyl (C=O) groups excluding carboxylic acids is 1. The van der Waals surface area contributed by atoms with Crippen LogP contribution in [0.1, 0.15) is 74.0 Å². The highest BCUT2D eigenvalue weighted by Gasteiger charge is 2.54. The Balaban J connectivity index is 1.49. The van der Waals surface area contributed by atoms with Gasteiger partial charge in [0.1, 0.15) is 5.82 Å². The van der Waals surface area contributed by atoms with Crippen LogP contribution < -0.4 is 5.73 Å². The molecule has 1 amide bonds. The first-order valence-electron chi connectivity index (χ1n) is 10.7. The molecule has 5 rings (SSSR count). The van der Waals surface area contributed by atoms with Crippen LogP contribution in [0.25, 0.3) is 11.3 Å². The SMILES string of the molecule is CC(C)n1nc(-c2cnc(N)c(C(=O)N3CCCC3)c2)cc1C1[C@H]2CCC[C@@H]12. The summed E-state index contributed by atoms with van der Waals surface area (Å²) in [4.78, 5) is 19.1. The number of nitrogens with two attached hydrogens (primary N) is 1. The van der Waals surface area contributed by atoms with Gasteiger partial charge in [0, 0.05) is 42.5 Å². The monoisotopic (exact) mass is 379 g/mol. The van der Waals surface area contributed by atoms with E-state index >= 15 is 0 Å². The fourth-order valence-corrected chi connectivity index (χ4v) is 5.35. The van der Waals surface area contributed by atoms with E-state index in [1.807, 2.05) is 11.0 Å². The second kappa shape index (κ2) is 6.61. The largest absolute Gasteiger partial charge is 0.383 e. The lowest BCUT2D eigenvalue weighted by molar-refractivity contribution is 0.0793. The van der Waals surface area contributed by atoms with Gasteiger partial charge in [0.15, 0.2) is 0 Å². The lowest BCUT2D eigenvalue weighted by Crippen LogP contribution is -2.28. The quantitative estimate of drug-likeness (QED) is 0.875. The Morgan fingerprint density at radius 2 is 1.86 bits per heavy atom. The fraction of sp³-hybridized carbons (Fsp3) is 0.591. The van der Waals surface area contributed by atoms with Crippen LogP contribution in [0.3, 0.4) is 0 Å². The molecule has 1 aliphatic heterocycles. The second-order valence-corrected chi connectivity index (χ2v) is 8.93. The van der Waals surface area contributed by atoms with Crippen LogP contribution in [0.5, 0.6) is 0 Å². The topological polar surface area (TPSA) is 77.0 Å². The molecule has 6 nitrogen and oxygen atoms in total. The van der Waals surface area contributed by atoms with E-state index in [0.717, 1.165) is 49.0 Å². The molecule has 0 radical (unpaired) electrons. The lowest BCUT2D eigenvalue weighted by atomic mass is 10.1. The Morgan fingerprint density at radius 3 is 2.54 bits per heavy atom. The molecule has 0 spiro atoms. The van der Waals surface area contributed by atoms with Gasteiger partial charge < -0.3 is 10.6 Å². The predicted molar refractivity (Wildman–Crippen MR) is 109 cm³/mol.